The lowest BCUT2D eigenvalue weighted by Crippen LogP contribution is -2.43. The maximum absolute atomic E-state index is 11.5. The second kappa shape index (κ2) is 8.10. The first-order chi connectivity index (χ1) is 12.8. The lowest BCUT2D eigenvalue weighted by atomic mass is 10.1. The number of nitro groups is 1. The molecule has 11 nitrogen and oxygen atoms in total. The summed E-state index contributed by atoms with van der Waals surface area (Å²) in [6.45, 7) is 1.45. The predicted octanol–water partition coefficient (Wildman–Crippen LogP) is 1.23. The summed E-state index contributed by atoms with van der Waals surface area (Å²) in [5.41, 5.74) is 1.34. The number of nitrogens with zero attached hydrogens (tertiary/aromatic N) is 2. The van der Waals surface area contributed by atoms with Crippen molar-refractivity contribution in [2.24, 2.45) is 0 Å². The quantitative estimate of drug-likeness (QED) is 0.170. The highest BCUT2D eigenvalue weighted by atomic mass is 32.1. The molecular formula is C14H19N2O9P2S+. The van der Waals surface area contributed by atoms with E-state index < -0.39 is 31.6 Å². The van der Waals surface area contributed by atoms with Gasteiger partial charge in [0.15, 0.2) is 12.2 Å². The molecule has 1 aromatic heterocycles. The second-order valence-corrected chi connectivity index (χ2v) is 11.1. The third-order valence-electron chi connectivity index (χ3n) is 4.20. The number of non-ortho nitro benzene ring substituents is 1. The molecule has 0 aliphatic rings. The molecule has 2 aromatic rings. The molecule has 1 aromatic carbocycles. The van der Waals surface area contributed by atoms with Gasteiger partial charge in [-0.3, -0.25) is 19.2 Å². The number of thiazole rings is 1. The van der Waals surface area contributed by atoms with Gasteiger partial charge in [-0.1, -0.05) is 23.5 Å². The van der Waals surface area contributed by atoms with Crippen LogP contribution < -0.4 is 4.57 Å². The summed E-state index contributed by atoms with van der Waals surface area (Å²) in [6, 6.07) is 5.83. The summed E-state index contributed by atoms with van der Waals surface area (Å²) in [4.78, 5) is 47.2. The van der Waals surface area contributed by atoms with E-state index in [1.54, 1.807) is 29.0 Å². The Hall–Kier alpha value is -1.49. The average Bonchev–Trinajstić information content (AvgIpc) is 2.91. The van der Waals surface area contributed by atoms with E-state index in [9.17, 15) is 43.9 Å². The minimum Gasteiger partial charge on any atom is -0.367 e. The van der Waals surface area contributed by atoms with E-state index in [4.69, 9.17) is 0 Å². The number of aliphatic hydroxyl groups is 1. The van der Waals surface area contributed by atoms with E-state index >= 15 is 0 Å². The molecule has 2 rings (SSSR count). The fourth-order valence-electron chi connectivity index (χ4n) is 2.55. The average molecular weight is 453 g/mol. The zero-order valence-electron chi connectivity index (χ0n) is 14.6. The molecule has 0 saturated heterocycles. The van der Waals surface area contributed by atoms with Crippen LogP contribution >= 0.6 is 26.5 Å². The van der Waals surface area contributed by atoms with Gasteiger partial charge in [0.05, 0.1) is 23.1 Å². The van der Waals surface area contributed by atoms with Gasteiger partial charge in [-0.2, -0.15) is 4.57 Å². The first-order valence-electron chi connectivity index (χ1n) is 7.80. The monoisotopic (exact) mass is 453 g/mol. The van der Waals surface area contributed by atoms with E-state index in [0.29, 0.717) is 17.1 Å². The van der Waals surface area contributed by atoms with Gasteiger partial charge in [-0.05, 0) is 5.56 Å². The highest BCUT2D eigenvalue weighted by Gasteiger charge is 2.59. The highest BCUT2D eigenvalue weighted by molar-refractivity contribution is 7.72. The summed E-state index contributed by atoms with van der Waals surface area (Å²) < 4.78 is 24.6. The van der Waals surface area contributed by atoms with Gasteiger partial charge in [0.25, 0.3) is 10.8 Å². The molecule has 0 fully saturated rings. The van der Waals surface area contributed by atoms with Crippen LogP contribution in [0.5, 0.6) is 0 Å². The smallest absolute Gasteiger partial charge is 0.367 e. The molecule has 5 N–H and O–H groups in total. The number of aryl methyl sites for hydroxylation is 1. The molecule has 0 spiro atoms. The Kier molecular flexibility index (Phi) is 6.59. The first kappa shape index (κ1) is 22.8. The van der Waals surface area contributed by atoms with Crippen molar-refractivity contribution < 1.29 is 43.3 Å². The van der Waals surface area contributed by atoms with E-state index in [-0.39, 0.29) is 12.2 Å². The molecular weight excluding hydrogens is 434 g/mol. The molecule has 154 valence electrons. The van der Waals surface area contributed by atoms with Crippen LogP contribution in [-0.2, 0) is 22.1 Å². The Balaban J connectivity index is 2.26. The number of benzene rings is 1. The van der Waals surface area contributed by atoms with E-state index in [2.05, 4.69) is 0 Å². The fraction of sp³-hybridized carbons (Fsp3) is 0.357. The summed E-state index contributed by atoms with van der Waals surface area (Å²) in [7, 11) is -11.0. The van der Waals surface area contributed by atoms with Crippen molar-refractivity contribution in [2.45, 2.75) is 31.4 Å². The molecule has 0 aliphatic carbocycles. The molecule has 0 atom stereocenters. The molecule has 0 unspecified atom stereocenters. The molecule has 28 heavy (non-hydrogen) atoms. The summed E-state index contributed by atoms with van der Waals surface area (Å²) in [5, 5.41) is 19.7. The maximum Gasteiger partial charge on any atom is 0.369 e. The van der Waals surface area contributed by atoms with E-state index in [1.165, 1.54) is 23.5 Å². The standard InChI is InChI=1S/C14H18N2O9P2S/c1-10-9-28-13(8-11-2-4-12(5-3-11)16(18)19)15(10)7-6-14(17,26(20,21)22)27(23,24)25/h2-5,9,17H,6-8H2,1H3,(H3-,20,21,22,23,24,25)/p+1. The van der Waals surface area contributed by atoms with Crippen molar-refractivity contribution >= 4 is 32.2 Å². The fourth-order valence-corrected chi connectivity index (χ4v) is 5.73. The van der Waals surface area contributed by atoms with Crippen LogP contribution in [0, 0.1) is 17.0 Å². The summed E-state index contributed by atoms with van der Waals surface area (Å²) in [6.07, 6.45) is -0.530. The van der Waals surface area contributed by atoms with Gasteiger partial charge < -0.3 is 24.7 Å². The van der Waals surface area contributed by atoms with E-state index in [1.807, 2.05) is 0 Å². The Labute approximate surface area is 163 Å². The number of aromatic nitrogens is 1. The number of hydrogen-bond donors (Lipinski definition) is 5. The van der Waals surface area contributed by atoms with Crippen LogP contribution in [0.2, 0.25) is 0 Å². The predicted molar refractivity (Wildman–Crippen MR) is 98.8 cm³/mol. The van der Waals surface area contributed by atoms with Crippen molar-refractivity contribution in [1.82, 2.24) is 0 Å². The summed E-state index contributed by atoms with van der Waals surface area (Å²) >= 11 is 1.31. The Morgan fingerprint density at radius 3 is 2.14 bits per heavy atom. The van der Waals surface area contributed by atoms with Gasteiger partial charge in [0.2, 0.25) is 5.01 Å². The van der Waals surface area contributed by atoms with Crippen LogP contribution in [0.25, 0.3) is 0 Å². The minimum atomic E-state index is -5.52. The number of nitro benzene ring substituents is 1. The van der Waals surface area contributed by atoms with Crippen molar-refractivity contribution in [3.8, 4) is 0 Å². The van der Waals surface area contributed by atoms with Gasteiger partial charge in [-0.25, -0.2) is 0 Å². The Morgan fingerprint density at radius 1 is 1.14 bits per heavy atom. The molecule has 1 heterocycles. The van der Waals surface area contributed by atoms with Gasteiger partial charge >= 0.3 is 15.2 Å². The van der Waals surface area contributed by atoms with Crippen LogP contribution in [0.4, 0.5) is 5.69 Å². The number of rotatable bonds is 8. The SMILES string of the molecule is Cc1csc(Cc2ccc([N+](=O)[O-])cc2)[n+]1CCC(O)(P(=O)(O)O)P(=O)(O)O. The van der Waals surface area contributed by atoms with Gasteiger partial charge in [-0.15, -0.1) is 0 Å². The summed E-state index contributed by atoms with van der Waals surface area (Å²) in [5.74, 6) is 0. The van der Waals surface area contributed by atoms with Gasteiger partial charge in [0.1, 0.15) is 0 Å². The van der Waals surface area contributed by atoms with Crippen LogP contribution in [0.3, 0.4) is 0 Å². The highest BCUT2D eigenvalue weighted by Crippen LogP contribution is 2.68. The van der Waals surface area contributed by atoms with Crippen molar-refractivity contribution in [3.05, 3.63) is 56.0 Å². The molecule has 0 aliphatic heterocycles. The zero-order chi connectivity index (χ0) is 21.3. The topological polar surface area (TPSA) is 182 Å². The van der Waals surface area contributed by atoms with Crippen LogP contribution in [0.1, 0.15) is 22.7 Å². The molecule has 0 bridgehead atoms. The molecule has 14 heteroatoms. The molecule has 0 amide bonds. The Bertz CT molecular complexity index is 942. The van der Waals surface area contributed by atoms with Crippen LogP contribution in [-0.4, -0.2) is 34.7 Å². The largest absolute Gasteiger partial charge is 0.369 e. The minimum absolute atomic E-state index is 0.0626. The molecule has 0 radical (unpaired) electrons. The van der Waals surface area contributed by atoms with Crippen molar-refractivity contribution in [1.29, 1.82) is 0 Å². The zero-order valence-corrected chi connectivity index (χ0v) is 17.2. The first-order valence-corrected chi connectivity index (χ1v) is 11.9. The normalized spacial score (nSPS) is 12.9. The van der Waals surface area contributed by atoms with Crippen molar-refractivity contribution in [3.63, 3.8) is 0 Å². The number of hydrogen-bond acceptors (Lipinski definition) is 6. The molecule has 0 saturated carbocycles. The Morgan fingerprint density at radius 2 is 1.68 bits per heavy atom. The van der Waals surface area contributed by atoms with E-state index in [0.717, 1.165) is 5.56 Å². The lowest BCUT2D eigenvalue weighted by molar-refractivity contribution is -0.705. The second-order valence-electron chi connectivity index (χ2n) is 6.14. The third kappa shape index (κ3) is 4.73. The van der Waals surface area contributed by atoms with Gasteiger partial charge in [0, 0.05) is 19.1 Å². The van der Waals surface area contributed by atoms with Crippen LogP contribution in [0.15, 0.2) is 29.6 Å². The maximum atomic E-state index is 11.5. The third-order valence-corrected chi connectivity index (χ3v) is 9.17. The lowest BCUT2D eigenvalue weighted by Gasteiger charge is -2.28. The van der Waals surface area contributed by atoms with Crippen molar-refractivity contribution in [2.75, 3.05) is 0 Å².